The van der Waals surface area contributed by atoms with Gasteiger partial charge in [-0.25, -0.2) is 4.79 Å². The van der Waals surface area contributed by atoms with E-state index < -0.39 is 5.97 Å². The second kappa shape index (κ2) is 6.03. The van der Waals surface area contributed by atoms with E-state index in [4.69, 9.17) is 9.84 Å². The first-order chi connectivity index (χ1) is 8.04. The molecule has 0 radical (unpaired) electrons. The van der Waals surface area contributed by atoms with Crippen LogP contribution in [-0.2, 0) is 16.0 Å². The highest BCUT2D eigenvalue weighted by molar-refractivity contribution is 5.89. The summed E-state index contributed by atoms with van der Waals surface area (Å²) in [5, 5.41) is 9.01. The molecule has 0 unspecified atom stereocenters. The maximum atomic E-state index is 11.2. The van der Waals surface area contributed by atoms with Gasteiger partial charge in [-0.05, 0) is 31.9 Å². The van der Waals surface area contributed by atoms with Gasteiger partial charge in [0, 0.05) is 6.42 Å². The lowest BCUT2D eigenvalue weighted by Crippen LogP contribution is -2.08. The molecule has 0 amide bonds. The Kier molecular flexibility index (Phi) is 4.69. The maximum Gasteiger partial charge on any atom is 0.335 e. The summed E-state index contributed by atoms with van der Waals surface area (Å²) in [4.78, 5) is 22.2. The van der Waals surface area contributed by atoms with Crippen LogP contribution in [0, 0.1) is 6.92 Å². The monoisotopic (exact) mass is 236 g/mol. The van der Waals surface area contributed by atoms with Crippen LogP contribution in [0.2, 0.25) is 0 Å². The van der Waals surface area contributed by atoms with Crippen LogP contribution in [0.5, 0.6) is 0 Å². The van der Waals surface area contributed by atoms with Crippen molar-refractivity contribution in [2.45, 2.75) is 26.7 Å². The van der Waals surface area contributed by atoms with E-state index in [-0.39, 0.29) is 18.0 Å². The quantitative estimate of drug-likeness (QED) is 0.796. The second-order valence-electron chi connectivity index (χ2n) is 3.77. The van der Waals surface area contributed by atoms with E-state index in [1.54, 1.807) is 25.1 Å². The van der Waals surface area contributed by atoms with Crippen LogP contribution >= 0.6 is 0 Å². The number of hydrogen-bond acceptors (Lipinski definition) is 3. The van der Waals surface area contributed by atoms with Gasteiger partial charge < -0.3 is 9.84 Å². The van der Waals surface area contributed by atoms with Gasteiger partial charge >= 0.3 is 11.9 Å². The molecule has 0 saturated carbocycles. The molecule has 0 aliphatic heterocycles. The highest BCUT2D eigenvalue weighted by Gasteiger charge is 2.11. The fourth-order valence-electron chi connectivity index (χ4n) is 1.61. The van der Waals surface area contributed by atoms with Crippen molar-refractivity contribution in [1.82, 2.24) is 0 Å². The first-order valence-corrected chi connectivity index (χ1v) is 5.53. The largest absolute Gasteiger partial charge is 0.478 e. The van der Waals surface area contributed by atoms with E-state index in [0.29, 0.717) is 18.6 Å². The summed E-state index contributed by atoms with van der Waals surface area (Å²) in [6, 6.07) is 5.11. The third kappa shape index (κ3) is 3.90. The summed E-state index contributed by atoms with van der Waals surface area (Å²) in [5.74, 6) is -1.27. The molecule has 0 atom stereocenters. The van der Waals surface area contributed by atoms with Gasteiger partial charge in [0.1, 0.15) is 0 Å². The Hall–Kier alpha value is -1.84. The summed E-state index contributed by atoms with van der Waals surface area (Å²) in [6.07, 6.45) is 0.597. The van der Waals surface area contributed by atoms with Crippen LogP contribution in [0.1, 0.15) is 34.8 Å². The van der Waals surface area contributed by atoms with Crippen molar-refractivity contribution in [2.75, 3.05) is 6.61 Å². The lowest BCUT2D eigenvalue weighted by atomic mass is 10.0. The third-order valence-corrected chi connectivity index (χ3v) is 2.39. The van der Waals surface area contributed by atoms with Crippen LogP contribution in [0.25, 0.3) is 0 Å². The number of aromatic carboxylic acids is 1. The Balaban J connectivity index is 2.78. The van der Waals surface area contributed by atoms with Gasteiger partial charge in [-0.2, -0.15) is 0 Å². The van der Waals surface area contributed by atoms with Crippen LogP contribution in [-0.4, -0.2) is 23.7 Å². The normalized spacial score (nSPS) is 10.0. The minimum atomic E-state index is -0.969. The van der Waals surface area contributed by atoms with Gasteiger partial charge in [0.15, 0.2) is 0 Å². The van der Waals surface area contributed by atoms with Gasteiger partial charge in [-0.15, -0.1) is 0 Å². The molecule has 0 aliphatic rings. The number of rotatable bonds is 5. The standard InChI is InChI=1S/C13H16O4/c1-3-17-12(14)7-5-10-8-9(2)4-6-11(10)13(15)16/h4,6,8H,3,5,7H2,1-2H3,(H,15,16). The van der Waals surface area contributed by atoms with Crippen LogP contribution < -0.4 is 0 Å². The minimum Gasteiger partial charge on any atom is -0.478 e. The SMILES string of the molecule is CCOC(=O)CCc1cc(C)ccc1C(=O)O. The van der Waals surface area contributed by atoms with Crippen molar-refractivity contribution in [3.05, 3.63) is 34.9 Å². The smallest absolute Gasteiger partial charge is 0.335 e. The van der Waals surface area contributed by atoms with Crippen LogP contribution in [0.15, 0.2) is 18.2 Å². The number of hydrogen-bond donors (Lipinski definition) is 1. The lowest BCUT2D eigenvalue weighted by Gasteiger charge is -2.07. The summed E-state index contributed by atoms with van der Waals surface area (Å²) >= 11 is 0. The van der Waals surface area contributed by atoms with Crippen molar-refractivity contribution in [3.8, 4) is 0 Å². The molecule has 0 aromatic heterocycles. The molecule has 4 nitrogen and oxygen atoms in total. The number of carboxylic acid groups (broad SMARTS) is 1. The van der Waals surface area contributed by atoms with Crippen molar-refractivity contribution >= 4 is 11.9 Å². The average molecular weight is 236 g/mol. The fourth-order valence-corrected chi connectivity index (χ4v) is 1.61. The molecule has 4 heteroatoms. The molecule has 0 saturated heterocycles. The zero-order chi connectivity index (χ0) is 12.8. The molecule has 1 aromatic rings. The predicted octanol–water partition coefficient (Wildman–Crippen LogP) is 2.19. The molecule has 1 aromatic carbocycles. The van der Waals surface area contributed by atoms with Gasteiger partial charge in [-0.3, -0.25) is 4.79 Å². The van der Waals surface area contributed by atoms with Crippen molar-refractivity contribution < 1.29 is 19.4 Å². The zero-order valence-electron chi connectivity index (χ0n) is 10.0. The van der Waals surface area contributed by atoms with Gasteiger partial charge in [0.05, 0.1) is 12.2 Å². The number of aryl methyl sites for hydroxylation is 2. The third-order valence-electron chi connectivity index (χ3n) is 2.39. The molecule has 1 N–H and O–H groups in total. The van der Waals surface area contributed by atoms with Crippen LogP contribution in [0.4, 0.5) is 0 Å². The fraction of sp³-hybridized carbons (Fsp3) is 0.385. The number of esters is 1. The van der Waals surface area contributed by atoms with E-state index in [1.165, 1.54) is 0 Å². The summed E-state index contributed by atoms with van der Waals surface area (Å²) in [5.41, 5.74) is 1.90. The molecule has 0 heterocycles. The minimum absolute atomic E-state index is 0.206. The molecular weight excluding hydrogens is 220 g/mol. The van der Waals surface area contributed by atoms with Crippen molar-refractivity contribution in [3.63, 3.8) is 0 Å². The lowest BCUT2D eigenvalue weighted by molar-refractivity contribution is -0.143. The first-order valence-electron chi connectivity index (χ1n) is 5.53. The summed E-state index contributed by atoms with van der Waals surface area (Å²) in [7, 11) is 0. The number of carbonyl (C=O) groups is 2. The second-order valence-corrected chi connectivity index (χ2v) is 3.77. The Morgan fingerprint density at radius 3 is 2.65 bits per heavy atom. The Labute approximate surface area is 100 Å². The summed E-state index contributed by atoms with van der Waals surface area (Å²) < 4.78 is 4.81. The zero-order valence-corrected chi connectivity index (χ0v) is 10.0. The highest BCUT2D eigenvalue weighted by Crippen LogP contribution is 2.14. The molecule has 17 heavy (non-hydrogen) atoms. The van der Waals surface area contributed by atoms with Crippen molar-refractivity contribution in [2.24, 2.45) is 0 Å². The average Bonchev–Trinajstić information content (AvgIpc) is 2.26. The molecule has 0 aliphatic carbocycles. The van der Waals surface area contributed by atoms with E-state index >= 15 is 0 Å². The van der Waals surface area contributed by atoms with E-state index in [2.05, 4.69) is 0 Å². The Morgan fingerprint density at radius 2 is 2.06 bits per heavy atom. The predicted molar refractivity (Wildman–Crippen MR) is 63.1 cm³/mol. The van der Waals surface area contributed by atoms with Crippen molar-refractivity contribution in [1.29, 1.82) is 0 Å². The van der Waals surface area contributed by atoms with Gasteiger partial charge in [0.2, 0.25) is 0 Å². The van der Waals surface area contributed by atoms with Gasteiger partial charge in [0.25, 0.3) is 0 Å². The van der Waals surface area contributed by atoms with E-state index in [9.17, 15) is 9.59 Å². The maximum absolute atomic E-state index is 11.2. The Morgan fingerprint density at radius 1 is 1.35 bits per heavy atom. The topological polar surface area (TPSA) is 63.6 Å². The van der Waals surface area contributed by atoms with Crippen LogP contribution in [0.3, 0.4) is 0 Å². The molecule has 92 valence electrons. The van der Waals surface area contributed by atoms with Gasteiger partial charge in [-0.1, -0.05) is 17.7 Å². The first kappa shape index (κ1) is 13.2. The molecular formula is C13H16O4. The highest BCUT2D eigenvalue weighted by atomic mass is 16.5. The molecule has 0 fully saturated rings. The van der Waals surface area contributed by atoms with E-state index in [1.807, 2.05) is 6.92 Å². The molecule has 0 spiro atoms. The Bertz CT molecular complexity index is 423. The summed E-state index contributed by atoms with van der Waals surface area (Å²) in [6.45, 7) is 3.98. The molecule has 0 bridgehead atoms. The number of carboxylic acids is 1. The molecule has 1 rings (SSSR count). The number of ether oxygens (including phenoxy) is 1. The number of benzene rings is 1. The van der Waals surface area contributed by atoms with E-state index in [0.717, 1.165) is 5.56 Å². The number of carbonyl (C=O) groups excluding carboxylic acids is 1.